The van der Waals surface area contributed by atoms with Gasteiger partial charge in [-0.3, -0.25) is 4.79 Å². The SMILES string of the molecule is NC(CC(O)C(O)C(=O)O)C(=O)O. The van der Waals surface area contributed by atoms with Crippen molar-refractivity contribution in [3.05, 3.63) is 0 Å². The molecular formula is C6H11NO6. The average Bonchev–Trinajstić information content (AvgIpc) is 2.02. The van der Waals surface area contributed by atoms with Gasteiger partial charge in [0.25, 0.3) is 0 Å². The van der Waals surface area contributed by atoms with Crippen LogP contribution in [0.25, 0.3) is 0 Å². The summed E-state index contributed by atoms with van der Waals surface area (Å²) in [6, 6.07) is -1.39. The van der Waals surface area contributed by atoms with Crippen LogP contribution in [-0.4, -0.2) is 50.6 Å². The normalized spacial score (nSPS) is 17.5. The minimum Gasteiger partial charge on any atom is -0.480 e. The van der Waals surface area contributed by atoms with E-state index in [0.717, 1.165) is 0 Å². The summed E-state index contributed by atoms with van der Waals surface area (Å²) in [4.78, 5) is 20.3. The van der Waals surface area contributed by atoms with E-state index in [1.54, 1.807) is 0 Å². The Kier molecular flexibility index (Phi) is 4.32. The molecule has 76 valence electrons. The first-order chi connectivity index (χ1) is 5.86. The molecule has 13 heavy (non-hydrogen) atoms. The quantitative estimate of drug-likeness (QED) is 0.327. The molecule has 0 aliphatic carbocycles. The number of aliphatic hydroxyl groups excluding tert-OH is 2. The fraction of sp³-hybridized carbons (Fsp3) is 0.667. The summed E-state index contributed by atoms with van der Waals surface area (Å²) in [5.41, 5.74) is 4.99. The monoisotopic (exact) mass is 193 g/mol. The van der Waals surface area contributed by atoms with Crippen molar-refractivity contribution in [1.82, 2.24) is 0 Å². The first-order valence-electron chi connectivity index (χ1n) is 3.43. The molecule has 0 aromatic heterocycles. The van der Waals surface area contributed by atoms with Crippen LogP contribution in [0.1, 0.15) is 6.42 Å². The molecule has 0 aromatic rings. The highest BCUT2D eigenvalue weighted by Gasteiger charge is 2.27. The third-order valence-electron chi connectivity index (χ3n) is 1.43. The second kappa shape index (κ2) is 4.75. The molecule has 6 N–H and O–H groups in total. The van der Waals surface area contributed by atoms with Crippen LogP contribution >= 0.6 is 0 Å². The van der Waals surface area contributed by atoms with Gasteiger partial charge in [0.05, 0.1) is 6.10 Å². The van der Waals surface area contributed by atoms with Gasteiger partial charge in [-0.25, -0.2) is 4.79 Å². The predicted molar refractivity (Wildman–Crippen MR) is 39.9 cm³/mol. The van der Waals surface area contributed by atoms with Crippen LogP contribution in [0.4, 0.5) is 0 Å². The fourth-order valence-electron chi connectivity index (χ4n) is 0.654. The van der Waals surface area contributed by atoms with Crippen molar-refractivity contribution in [2.75, 3.05) is 0 Å². The van der Waals surface area contributed by atoms with E-state index < -0.39 is 36.6 Å². The molecule has 0 rings (SSSR count). The summed E-state index contributed by atoms with van der Waals surface area (Å²) in [5, 5.41) is 34.2. The Balaban J connectivity index is 4.06. The van der Waals surface area contributed by atoms with Gasteiger partial charge >= 0.3 is 11.9 Å². The van der Waals surface area contributed by atoms with Crippen molar-refractivity contribution < 1.29 is 30.0 Å². The Hall–Kier alpha value is -1.18. The maximum Gasteiger partial charge on any atom is 0.335 e. The van der Waals surface area contributed by atoms with Gasteiger partial charge in [-0.2, -0.15) is 0 Å². The number of aliphatic hydroxyl groups is 2. The number of carbonyl (C=O) groups is 2. The molecule has 0 aromatic carbocycles. The van der Waals surface area contributed by atoms with Crippen LogP contribution in [0, 0.1) is 0 Å². The number of rotatable bonds is 5. The zero-order chi connectivity index (χ0) is 10.6. The van der Waals surface area contributed by atoms with E-state index >= 15 is 0 Å². The Labute approximate surface area is 73.4 Å². The Morgan fingerprint density at radius 3 is 1.92 bits per heavy atom. The zero-order valence-corrected chi connectivity index (χ0v) is 6.62. The Bertz CT molecular complexity index is 205. The first kappa shape index (κ1) is 11.8. The van der Waals surface area contributed by atoms with Gasteiger partial charge in [0.15, 0.2) is 6.10 Å². The molecule has 0 heterocycles. The molecule has 0 aliphatic rings. The van der Waals surface area contributed by atoms with E-state index in [-0.39, 0.29) is 0 Å². The molecule has 0 amide bonds. The molecule has 0 spiro atoms. The summed E-state index contributed by atoms with van der Waals surface area (Å²) in [5.74, 6) is -2.98. The number of nitrogens with two attached hydrogens (primary N) is 1. The van der Waals surface area contributed by atoms with Crippen molar-refractivity contribution >= 4 is 11.9 Å². The van der Waals surface area contributed by atoms with E-state index in [9.17, 15) is 9.59 Å². The molecule has 7 nitrogen and oxygen atoms in total. The topological polar surface area (TPSA) is 141 Å². The van der Waals surface area contributed by atoms with E-state index in [0.29, 0.717) is 0 Å². The molecule has 0 bridgehead atoms. The van der Waals surface area contributed by atoms with Gasteiger partial charge in [0, 0.05) is 6.42 Å². The maximum absolute atomic E-state index is 10.2. The molecule has 0 aliphatic heterocycles. The van der Waals surface area contributed by atoms with Crippen LogP contribution in [0.2, 0.25) is 0 Å². The van der Waals surface area contributed by atoms with Crippen molar-refractivity contribution in [2.24, 2.45) is 5.73 Å². The van der Waals surface area contributed by atoms with Gasteiger partial charge in [0.2, 0.25) is 0 Å². The first-order valence-corrected chi connectivity index (χ1v) is 3.43. The van der Waals surface area contributed by atoms with Crippen molar-refractivity contribution in [2.45, 2.75) is 24.7 Å². The van der Waals surface area contributed by atoms with Crippen molar-refractivity contribution in [1.29, 1.82) is 0 Å². The van der Waals surface area contributed by atoms with Gasteiger partial charge in [-0.1, -0.05) is 0 Å². The lowest BCUT2D eigenvalue weighted by Crippen LogP contribution is -2.41. The molecule has 0 radical (unpaired) electrons. The van der Waals surface area contributed by atoms with Gasteiger partial charge in [0.1, 0.15) is 6.04 Å². The smallest absolute Gasteiger partial charge is 0.335 e. The highest BCUT2D eigenvalue weighted by Crippen LogP contribution is 2.02. The summed E-state index contributed by atoms with van der Waals surface area (Å²) >= 11 is 0. The molecule has 3 unspecified atom stereocenters. The fourth-order valence-corrected chi connectivity index (χ4v) is 0.654. The van der Waals surface area contributed by atoms with E-state index in [2.05, 4.69) is 0 Å². The number of hydrogen-bond donors (Lipinski definition) is 5. The molecule has 0 saturated carbocycles. The Morgan fingerprint density at radius 2 is 1.62 bits per heavy atom. The third-order valence-corrected chi connectivity index (χ3v) is 1.43. The van der Waals surface area contributed by atoms with Gasteiger partial charge in [-0.15, -0.1) is 0 Å². The summed E-state index contributed by atoms with van der Waals surface area (Å²) < 4.78 is 0. The second-order valence-electron chi connectivity index (χ2n) is 2.53. The summed E-state index contributed by atoms with van der Waals surface area (Å²) in [7, 11) is 0. The lowest BCUT2D eigenvalue weighted by Gasteiger charge is -2.15. The van der Waals surface area contributed by atoms with Crippen LogP contribution < -0.4 is 5.73 Å². The predicted octanol–water partition coefficient (Wildman–Crippen LogP) is -2.41. The minimum atomic E-state index is -2.01. The summed E-state index contributed by atoms with van der Waals surface area (Å²) in [6.45, 7) is 0. The third kappa shape index (κ3) is 3.83. The van der Waals surface area contributed by atoms with Crippen LogP contribution in [0.5, 0.6) is 0 Å². The molecule has 3 atom stereocenters. The van der Waals surface area contributed by atoms with E-state index in [4.69, 9.17) is 26.2 Å². The highest BCUT2D eigenvalue weighted by atomic mass is 16.4. The molecular weight excluding hydrogens is 182 g/mol. The second-order valence-corrected chi connectivity index (χ2v) is 2.53. The lowest BCUT2D eigenvalue weighted by molar-refractivity contribution is -0.154. The van der Waals surface area contributed by atoms with Gasteiger partial charge in [-0.05, 0) is 0 Å². The maximum atomic E-state index is 10.2. The number of aliphatic carboxylic acids is 2. The highest BCUT2D eigenvalue weighted by molar-refractivity contribution is 5.74. The zero-order valence-electron chi connectivity index (χ0n) is 6.62. The van der Waals surface area contributed by atoms with Crippen LogP contribution in [0.15, 0.2) is 0 Å². The molecule has 0 saturated heterocycles. The van der Waals surface area contributed by atoms with Gasteiger partial charge < -0.3 is 26.2 Å². The minimum absolute atomic E-state index is 0.511. The van der Waals surface area contributed by atoms with Crippen LogP contribution in [-0.2, 0) is 9.59 Å². The largest absolute Gasteiger partial charge is 0.480 e. The summed E-state index contributed by atoms with van der Waals surface area (Å²) in [6.07, 6.45) is -4.20. The van der Waals surface area contributed by atoms with Crippen LogP contribution in [0.3, 0.4) is 0 Å². The van der Waals surface area contributed by atoms with Crippen molar-refractivity contribution in [3.8, 4) is 0 Å². The Morgan fingerprint density at radius 1 is 1.15 bits per heavy atom. The van der Waals surface area contributed by atoms with E-state index in [1.165, 1.54) is 0 Å². The number of hydrogen-bond acceptors (Lipinski definition) is 5. The standard InChI is InChI=1S/C6H11NO6/c7-2(5(10)11)1-3(8)4(9)6(12)13/h2-4,8-9H,1,7H2,(H,10,11)(H,12,13). The average molecular weight is 193 g/mol. The van der Waals surface area contributed by atoms with Crippen molar-refractivity contribution in [3.63, 3.8) is 0 Å². The molecule has 7 heteroatoms. The lowest BCUT2D eigenvalue weighted by atomic mass is 10.1. The van der Waals surface area contributed by atoms with E-state index in [1.807, 2.05) is 0 Å². The number of carboxylic acid groups (broad SMARTS) is 2. The molecule has 0 fully saturated rings. The number of carboxylic acids is 2.